The van der Waals surface area contributed by atoms with Crippen LogP contribution in [0.4, 0.5) is 4.79 Å². The Kier molecular flexibility index (Phi) is 5.13. The number of ether oxygens (including phenoxy) is 1. The SMILES string of the molecule is O=C(OC1CCCN(S(=O)(=O)c2ccccc2)C1)N1C2CCC1CC(O)C2. The predicted octanol–water partition coefficient (Wildman–Crippen LogP) is 1.96. The Bertz CT molecular complexity index is 771. The van der Waals surface area contributed by atoms with Gasteiger partial charge in [-0.2, -0.15) is 4.31 Å². The molecule has 3 unspecified atom stereocenters. The lowest BCUT2D eigenvalue weighted by Gasteiger charge is -2.38. The van der Waals surface area contributed by atoms with Crippen LogP contribution in [-0.4, -0.2) is 66.2 Å². The summed E-state index contributed by atoms with van der Waals surface area (Å²) < 4.78 is 32.8. The highest BCUT2D eigenvalue weighted by molar-refractivity contribution is 7.89. The number of aliphatic hydroxyl groups excluding tert-OH is 1. The van der Waals surface area contributed by atoms with Gasteiger partial charge in [0.05, 0.1) is 17.5 Å². The number of aliphatic hydroxyl groups is 1. The summed E-state index contributed by atoms with van der Waals surface area (Å²) >= 11 is 0. The van der Waals surface area contributed by atoms with E-state index in [2.05, 4.69) is 0 Å². The van der Waals surface area contributed by atoms with E-state index >= 15 is 0 Å². The van der Waals surface area contributed by atoms with Gasteiger partial charge >= 0.3 is 6.09 Å². The summed E-state index contributed by atoms with van der Waals surface area (Å²) in [4.78, 5) is 14.8. The van der Waals surface area contributed by atoms with E-state index in [4.69, 9.17) is 4.74 Å². The van der Waals surface area contributed by atoms with Gasteiger partial charge in [0.2, 0.25) is 10.0 Å². The second-order valence-corrected chi connectivity index (χ2v) is 9.68. The minimum Gasteiger partial charge on any atom is -0.445 e. The van der Waals surface area contributed by atoms with Gasteiger partial charge in [-0.15, -0.1) is 0 Å². The molecule has 27 heavy (non-hydrogen) atoms. The molecule has 3 saturated heterocycles. The Labute approximate surface area is 160 Å². The van der Waals surface area contributed by atoms with Crippen molar-refractivity contribution in [2.75, 3.05) is 13.1 Å². The first-order valence-electron chi connectivity index (χ1n) is 9.67. The van der Waals surface area contributed by atoms with Crippen LogP contribution in [0.3, 0.4) is 0 Å². The number of benzene rings is 1. The van der Waals surface area contributed by atoms with E-state index in [0.717, 1.165) is 12.8 Å². The van der Waals surface area contributed by atoms with Gasteiger partial charge in [0, 0.05) is 18.6 Å². The fraction of sp³-hybridized carbons (Fsp3) is 0.632. The van der Waals surface area contributed by atoms with Gasteiger partial charge in [-0.25, -0.2) is 13.2 Å². The van der Waals surface area contributed by atoms with Crippen LogP contribution >= 0.6 is 0 Å². The van der Waals surface area contributed by atoms with E-state index in [9.17, 15) is 18.3 Å². The first-order chi connectivity index (χ1) is 12.9. The fourth-order valence-corrected chi connectivity index (χ4v) is 6.14. The first kappa shape index (κ1) is 18.7. The normalized spacial score (nSPS) is 31.7. The summed E-state index contributed by atoms with van der Waals surface area (Å²) in [6.07, 6.45) is 3.19. The molecule has 3 heterocycles. The quantitative estimate of drug-likeness (QED) is 0.847. The van der Waals surface area contributed by atoms with Crippen molar-refractivity contribution >= 4 is 16.1 Å². The summed E-state index contributed by atoms with van der Waals surface area (Å²) in [5.41, 5.74) is 0. The van der Waals surface area contributed by atoms with Gasteiger partial charge < -0.3 is 14.7 Å². The number of piperidine rings is 2. The minimum absolute atomic E-state index is 0.0407. The van der Waals surface area contributed by atoms with Crippen molar-refractivity contribution in [1.29, 1.82) is 0 Å². The molecule has 8 heteroatoms. The lowest BCUT2D eigenvalue weighted by Crippen LogP contribution is -2.51. The van der Waals surface area contributed by atoms with Crippen LogP contribution in [0.25, 0.3) is 0 Å². The Balaban J connectivity index is 1.41. The molecule has 3 atom stereocenters. The van der Waals surface area contributed by atoms with Crippen molar-refractivity contribution in [2.45, 2.75) is 67.7 Å². The molecular formula is C19H26N2O5S. The minimum atomic E-state index is -3.58. The molecule has 0 spiro atoms. The molecule has 1 N–H and O–H groups in total. The van der Waals surface area contributed by atoms with Gasteiger partial charge in [-0.05, 0) is 50.7 Å². The number of amides is 1. The summed E-state index contributed by atoms with van der Waals surface area (Å²) in [5.74, 6) is 0. The fourth-order valence-electron chi connectivity index (χ4n) is 4.61. The number of rotatable bonds is 3. The second-order valence-electron chi connectivity index (χ2n) is 7.74. The largest absolute Gasteiger partial charge is 0.445 e. The van der Waals surface area contributed by atoms with Crippen LogP contribution in [0.5, 0.6) is 0 Å². The van der Waals surface area contributed by atoms with Crippen LogP contribution in [0.1, 0.15) is 38.5 Å². The zero-order chi connectivity index (χ0) is 19.0. The Morgan fingerprint density at radius 1 is 1.07 bits per heavy atom. The molecule has 148 valence electrons. The lowest BCUT2D eigenvalue weighted by atomic mass is 10.0. The molecule has 7 nitrogen and oxygen atoms in total. The summed E-state index contributed by atoms with van der Waals surface area (Å²) in [6, 6.07) is 8.44. The summed E-state index contributed by atoms with van der Waals surface area (Å²) in [5, 5.41) is 9.89. The molecule has 0 radical (unpaired) electrons. The van der Waals surface area contributed by atoms with E-state index < -0.39 is 16.1 Å². The number of sulfonamides is 1. The molecular weight excluding hydrogens is 368 g/mol. The molecule has 1 aromatic carbocycles. The van der Waals surface area contributed by atoms with E-state index in [1.54, 1.807) is 35.2 Å². The Hall–Kier alpha value is -1.64. The molecule has 4 rings (SSSR count). The number of carbonyl (C=O) groups is 1. The van der Waals surface area contributed by atoms with Crippen molar-refractivity contribution in [3.63, 3.8) is 0 Å². The highest BCUT2D eigenvalue weighted by Gasteiger charge is 2.44. The molecule has 3 aliphatic rings. The van der Waals surface area contributed by atoms with Crippen LogP contribution in [-0.2, 0) is 14.8 Å². The molecule has 1 aromatic rings. The third-order valence-electron chi connectivity index (χ3n) is 5.91. The maximum atomic E-state index is 12.8. The number of hydrogen-bond acceptors (Lipinski definition) is 5. The average molecular weight is 394 g/mol. The number of hydrogen-bond donors (Lipinski definition) is 1. The van der Waals surface area contributed by atoms with E-state index in [0.29, 0.717) is 32.2 Å². The van der Waals surface area contributed by atoms with Gasteiger partial charge in [-0.3, -0.25) is 0 Å². The molecule has 0 saturated carbocycles. The van der Waals surface area contributed by atoms with Gasteiger partial charge in [0.1, 0.15) is 6.10 Å². The molecule has 3 fully saturated rings. The van der Waals surface area contributed by atoms with Crippen LogP contribution in [0, 0.1) is 0 Å². The maximum Gasteiger partial charge on any atom is 0.410 e. The zero-order valence-electron chi connectivity index (χ0n) is 15.2. The van der Waals surface area contributed by atoms with Crippen molar-refractivity contribution in [3.8, 4) is 0 Å². The first-order valence-corrected chi connectivity index (χ1v) is 11.1. The topological polar surface area (TPSA) is 87.2 Å². The number of carbonyl (C=O) groups excluding carboxylic acids is 1. The third-order valence-corrected chi connectivity index (χ3v) is 7.79. The Morgan fingerprint density at radius 2 is 1.74 bits per heavy atom. The third kappa shape index (κ3) is 3.70. The van der Waals surface area contributed by atoms with E-state index in [1.807, 2.05) is 0 Å². The number of nitrogens with zero attached hydrogens (tertiary/aromatic N) is 2. The predicted molar refractivity (Wildman–Crippen MR) is 98.6 cm³/mol. The molecule has 3 aliphatic heterocycles. The number of fused-ring (bicyclic) bond motifs is 2. The maximum absolute atomic E-state index is 12.8. The smallest absolute Gasteiger partial charge is 0.410 e. The molecule has 0 aliphatic carbocycles. The van der Waals surface area contributed by atoms with E-state index in [1.165, 1.54) is 4.31 Å². The van der Waals surface area contributed by atoms with Crippen molar-refractivity contribution in [2.24, 2.45) is 0 Å². The highest BCUT2D eigenvalue weighted by atomic mass is 32.2. The second kappa shape index (κ2) is 7.41. The van der Waals surface area contributed by atoms with Crippen LogP contribution in [0.2, 0.25) is 0 Å². The van der Waals surface area contributed by atoms with Crippen LogP contribution in [0.15, 0.2) is 35.2 Å². The lowest BCUT2D eigenvalue weighted by molar-refractivity contribution is -0.00143. The molecule has 0 aromatic heterocycles. The Morgan fingerprint density at radius 3 is 2.41 bits per heavy atom. The van der Waals surface area contributed by atoms with Gasteiger partial charge in [-0.1, -0.05) is 18.2 Å². The van der Waals surface area contributed by atoms with Crippen molar-refractivity contribution in [3.05, 3.63) is 30.3 Å². The van der Waals surface area contributed by atoms with Gasteiger partial charge in [0.25, 0.3) is 0 Å². The van der Waals surface area contributed by atoms with Gasteiger partial charge in [0.15, 0.2) is 0 Å². The van der Waals surface area contributed by atoms with Crippen molar-refractivity contribution < 1.29 is 23.1 Å². The molecule has 1 amide bonds. The summed E-state index contributed by atoms with van der Waals surface area (Å²) in [6.45, 7) is 0.626. The molecule has 2 bridgehead atoms. The van der Waals surface area contributed by atoms with Crippen LogP contribution < -0.4 is 0 Å². The summed E-state index contributed by atoms with van der Waals surface area (Å²) in [7, 11) is -3.58. The average Bonchev–Trinajstić information content (AvgIpc) is 2.94. The zero-order valence-corrected chi connectivity index (χ0v) is 16.1. The monoisotopic (exact) mass is 394 g/mol. The van der Waals surface area contributed by atoms with E-state index in [-0.39, 0.29) is 35.7 Å². The highest BCUT2D eigenvalue weighted by Crippen LogP contribution is 2.36. The van der Waals surface area contributed by atoms with Crippen molar-refractivity contribution in [1.82, 2.24) is 9.21 Å². The standard InChI is InChI=1S/C19H26N2O5S/c22-16-11-14-8-9-15(12-16)21(14)19(23)26-17-5-4-10-20(13-17)27(24,25)18-6-2-1-3-7-18/h1-3,6-7,14-17,22H,4-5,8-13H2.